The van der Waals surface area contributed by atoms with Crippen LogP contribution in [0.5, 0.6) is 0 Å². The highest BCUT2D eigenvalue weighted by Gasteiger charge is 2.52. The van der Waals surface area contributed by atoms with Gasteiger partial charge in [0, 0.05) is 0 Å². The van der Waals surface area contributed by atoms with E-state index in [1.807, 2.05) is 0 Å². The molecule has 0 N–H and O–H groups in total. The van der Waals surface area contributed by atoms with Gasteiger partial charge in [-0.2, -0.15) is 0 Å². The second kappa shape index (κ2) is 5.94. The van der Waals surface area contributed by atoms with E-state index in [2.05, 4.69) is 30.3 Å². The molecule has 5 rings (SSSR count). The van der Waals surface area contributed by atoms with Gasteiger partial charge in [0.1, 0.15) is 0 Å². The Labute approximate surface area is 142 Å². The first-order chi connectivity index (χ1) is 11.4. The Kier molecular flexibility index (Phi) is 3.76. The Morgan fingerprint density at radius 1 is 0.609 bits per heavy atom. The molecule has 0 aliphatic heterocycles. The minimum absolute atomic E-state index is 0.881. The first-order valence-corrected chi connectivity index (χ1v) is 10.5. The minimum atomic E-state index is 0.881. The summed E-state index contributed by atoms with van der Waals surface area (Å²) in [5.74, 6) is 7.27. The topological polar surface area (TPSA) is 0 Å². The summed E-state index contributed by atoms with van der Waals surface area (Å²) in [6.07, 6.45) is 15.4. The van der Waals surface area contributed by atoms with E-state index in [4.69, 9.17) is 0 Å². The lowest BCUT2D eigenvalue weighted by molar-refractivity contribution is -0.0333. The van der Waals surface area contributed by atoms with Crippen LogP contribution >= 0.6 is 0 Å². The van der Waals surface area contributed by atoms with Gasteiger partial charge in [0.25, 0.3) is 0 Å². The van der Waals surface area contributed by atoms with E-state index in [0.29, 0.717) is 0 Å². The molecule has 0 aromatic heterocycles. The summed E-state index contributed by atoms with van der Waals surface area (Å²) in [5.41, 5.74) is 1.68. The maximum atomic E-state index is 2.45. The Balaban J connectivity index is 1.53. The first kappa shape index (κ1) is 14.6. The molecular weight excluding hydrogens is 276 g/mol. The highest BCUT2D eigenvalue weighted by molar-refractivity contribution is 5.23. The van der Waals surface area contributed by atoms with Crippen LogP contribution in [0.4, 0.5) is 0 Å². The molecule has 1 aromatic carbocycles. The van der Waals surface area contributed by atoms with Gasteiger partial charge >= 0.3 is 0 Å². The van der Waals surface area contributed by atoms with Gasteiger partial charge in [0.05, 0.1) is 0 Å². The van der Waals surface area contributed by atoms with E-state index < -0.39 is 0 Å². The van der Waals surface area contributed by atoms with Crippen LogP contribution in [-0.2, 0) is 0 Å². The van der Waals surface area contributed by atoms with Gasteiger partial charge in [-0.15, -0.1) is 0 Å². The Morgan fingerprint density at radius 2 is 1.39 bits per heavy atom. The van der Waals surface area contributed by atoms with E-state index >= 15 is 0 Å². The average Bonchev–Trinajstić information content (AvgIpc) is 3.10. The summed E-state index contributed by atoms with van der Waals surface area (Å²) in [4.78, 5) is 0. The molecule has 4 saturated carbocycles. The van der Waals surface area contributed by atoms with Crippen LogP contribution in [0.25, 0.3) is 0 Å². The molecule has 0 heteroatoms. The van der Waals surface area contributed by atoms with Gasteiger partial charge in [-0.25, -0.2) is 0 Å². The summed E-state index contributed by atoms with van der Waals surface area (Å²) < 4.78 is 0. The van der Waals surface area contributed by atoms with Crippen molar-refractivity contribution in [2.45, 2.75) is 70.1 Å². The summed E-state index contributed by atoms with van der Waals surface area (Å²) in [6.45, 7) is 0. The smallest absolute Gasteiger partial charge is 0.0125 e. The standard InChI is InChI=1S/C23H32/c1-2-7-16(8-3-1)22-15-18-10-6-12-19(18)21-14-13-17-9-4-5-11-20(17)23(21)22/h1-3,7-8,17-23H,4-6,9-15H2/t17?,18-,19+,20-,21-,22+,23+/m0/s1. The molecule has 124 valence electrons. The Hall–Kier alpha value is -0.780. The van der Waals surface area contributed by atoms with E-state index in [1.54, 1.807) is 37.7 Å². The molecule has 4 fully saturated rings. The number of rotatable bonds is 1. The quantitative estimate of drug-likeness (QED) is 0.561. The van der Waals surface area contributed by atoms with Gasteiger partial charge in [0.2, 0.25) is 0 Å². The second-order valence-corrected chi connectivity index (χ2v) is 9.13. The largest absolute Gasteiger partial charge is 0.0622 e. The lowest BCUT2D eigenvalue weighted by atomic mass is 9.50. The van der Waals surface area contributed by atoms with E-state index in [1.165, 1.54) is 32.1 Å². The summed E-state index contributed by atoms with van der Waals surface area (Å²) in [7, 11) is 0. The van der Waals surface area contributed by atoms with Gasteiger partial charge in [-0.05, 0) is 79.1 Å². The Bertz CT molecular complexity index is 532. The summed E-state index contributed by atoms with van der Waals surface area (Å²) in [5, 5.41) is 0. The van der Waals surface area contributed by atoms with Crippen LogP contribution < -0.4 is 0 Å². The molecule has 0 radical (unpaired) electrons. The highest BCUT2D eigenvalue weighted by atomic mass is 14.6. The molecule has 0 nitrogen and oxygen atoms in total. The van der Waals surface area contributed by atoms with Crippen LogP contribution in [0.2, 0.25) is 0 Å². The van der Waals surface area contributed by atoms with Gasteiger partial charge < -0.3 is 0 Å². The summed E-state index contributed by atoms with van der Waals surface area (Å²) >= 11 is 0. The second-order valence-electron chi connectivity index (χ2n) is 9.13. The molecule has 23 heavy (non-hydrogen) atoms. The van der Waals surface area contributed by atoms with Crippen molar-refractivity contribution in [1.29, 1.82) is 0 Å². The molecule has 0 saturated heterocycles. The fourth-order valence-corrected chi connectivity index (χ4v) is 7.58. The van der Waals surface area contributed by atoms with Crippen LogP contribution in [-0.4, -0.2) is 0 Å². The lowest BCUT2D eigenvalue weighted by Gasteiger charge is -2.55. The van der Waals surface area contributed by atoms with Crippen LogP contribution in [0.15, 0.2) is 30.3 Å². The van der Waals surface area contributed by atoms with E-state index in [-0.39, 0.29) is 0 Å². The third-order valence-electron chi connectivity index (χ3n) is 8.34. The number of fused-ring (bicyclic) bond motifs is 5. The third-order valence-corrected chi connectivity index (χ3v) is 8.34. The van der Waals surface area contributed by atoms with Crippen molar-refractivity contribution < 1.29 is 0 Å². The fourth-order valence-electron chi connectivity index (χ4n) is 7.58. The van der Waals surface area contributed by atoms with E-state index in [9.17, 15) is 0 Å². The zero-order chi connectivity index (χ0) is 15.2. The third kappa shape index (κ3) is 2.39. The van der Waals surface area contributed by atoms with Crippen molar-refractivity contribution in [3.8, 4) is 0 Å². The van der Waals surface area contributed by atoms with Crippen molar-refractivity contribution in [1.82, 2.24) is 0 Å². The zero-order valence-corrected chi connectivity index (χ0v) is 14.5. The average molecular weight is 309 g/mol. The van der Waals surface area contributed by atoms with Crippen molar-refractivity contribution in [2.75, 3.05) is 0 Å². The summed E-state index contributed by atoms with van der Waals surface area (Å²) in [6, 6.07) is 11.7. The van der Waals surface area contributed by atoms with Crippen LogP contribution in [0.1, 0.15) is 75.7 Å². The molecule has 1 unspecified atom stereocenters. The van der Waals surface area contributed by atoms with Crippen molar-refractivity contribution in [3.63, 3.8) is 0 Å². The number of hydrogen-bond donors (Lipinski definition) is 0. The molecular formula is C23H32. The van der Waals surface area contributed by atoms with Gasteiger partial charge in [0.15, 0.2) is 0 Å². The molecule has 4 aliphatic rings. The minimum Gasteiger partial charge on any atom is -0.0622 e. The van der Waals surface area contributed by atoms with Gasteiger partial charge in [-0.1, -0.05) is 62.4 Å². The highest BCUT2D eigenvalue weighted by Crippen LogP contribution is 2.61. The zero-order valence-electron chi connectivity index (χ0n) is 14.5. The van der Waals surface area contributed by atoms with Crippen LogP contribution in [0, 0.1) is 35.5 Å². The van der Waals surface area contributed by atoms with Gasteiger partial charge in [-0.3, -0.25) is 0 Å². The molecule has 4 aliphatic carbocycles. The lowest BCUT2D eigenvalue weighted by Crippen LogP contribution is -2.47. The van der Waals surface area contributed by atoms with Crippen LogP contribution in [0.3, 0.4) is 0 Å². The molecule has 1 aromatic rings. The maximum Gasteiger partial charge on any atom is -0.0125 e. The first-order valence-electron chi connectivity index (χ1n) is 10.5. The van der Waals surface area contributed by atoms with Crippen molar-refractivity contribution >= 4 is 0 Å². The predicted octanol–water partition coefficient (Wildman–Crippen LogP) is 6.42. The van der Waals surface area contributed by atoms with Crippen molar-refractivity contribution in [2.24, 2.45) is 35.5 Å². The Morgan fingerprint density at radius 3 is 2.30 bits per heavy atom. The molecule has 0 heterocycles. The number of benzene rings is 1. The maximum absolute atomic E-state index is 2.45. The molecule has 0 bridgehead atoms. The fraction of sp³-hybridized carbons (Fsp3) is 0.739. The SMILES string of the molecule is c1ccc([C@H]2C[C@@H]3CCC[C@H]3[C@@H]3CCC4CCCC[C@@H]4[C@H]32)cc1. The monoisotopic (exact) mass is 308 g/mol. The predicted molar refractivity (Wildman–Crippen MR) is 96.3 cm³/mol. The normalized spacial score (nSPS) is 45.8. The molecule has 0 amide bonds. The molecule has 7 atom stereocenters. The molecule has 0 spiro atoms. The number of hydrogen-bond acceptors (Lipinski definition) is 0. The van der Waals surface area contributed by atoms with Crippen molar-refractivity contribution in [3.05, 3.63) is 35.9 Å². The van der Waals surface area contributed by atoms with E-state index in [0.717, 1.165) is 41.4 Å².